The Morgan fingerprint density at radius 1 is 0.794 bits per heavy atom. The highest BCUT2D eigenvalue weighted by atomic mass is 32.2. The van der Waals surface area contributed by atoms with Crippen LogP contribution in [-0.4, -0.2) is 70.0 Å². The van der Waals surface area contributed by atoms with Crippen molar-refractivity contribution in [1.29, 1.82) is 0 Å². The lowest BCUT2D eigenvalue weighted by atomic mass is 9.72. The molecule has 4 aromatic carbocycles. The zero-order chi connectivity index (χ0) is 49.3. The average molecular weight is 1020 g/mol. The number of aliphatic hydroxyl groups excluding tert-OH is 1. The van der Waals surface area contributed by atoms with Crippen molar-refractivity contribution in [2.24, 2.45) is 4.99 Å². The summed E-state index contributed by atoms with van der Waals surface area (Å²) in [6.07, 6.45) is 6.06. The lowest BCUT2D eigenvalue weighted by Gasteiger charge is -2.30. The number of carbonyl (C=O) groups excluding carboxylic acids is 1. The van der Waals surface area contributed by atoms with Crippen molar-refractivity contribution >= 4 is 102 Å². The molecule has 3 aliphatic rings. The van der Waals surface area contributed by atoms with Gasteiger partial charge in [-0.3, -0.25) is 28.5 Å². The molecule has 2 atom stereocenters. The first-order valence-corrected chi connectivity index (χ1v) is 24.8. The molecule has 20 nitrogen and oxygen atoms in total. The second-order valence-electron chi connectivity index (χ2n) is 16.8. The number of unbranched alkanes of at least 4 members (excludes halogenated alkanes) is 4. The molecule has 7 N–H and O–H groups in total. The summed E-state index contributed by atoms with van der Waals surface area (Å²) in [5, 5.41) is 52.1. The summed E-state index contributed by atoms with van der Waals surface area (Å²) in [6.45, 7) is 3.64. The fourth-order valence-electron chi connectivity index (χ4n) is 9.20. The largest absolute Gasteiger partial charge is 0.506 e. The quantitative estimate of drug-likeness (QED) is 0.00692. The zero-order valence-electron chi connectivity index (χ0n) is 36.0. The third-order valence-corrected chi connectivity index (χ3v) is 14.9. The molecule has 0 fully saturated rings. The third kappa shape index (κ3) is 10.0. The van der Waals surface area contributed by atoms with Crippen molar-refractivity contribution in [3.8, 4) is 5.75 Å². The molecule has 1 aliphatic carbocycles. The average Bonchev–Trinajstić information content (AvgIpc) is 3.73. The van der Waals surface area contributed by atoms with Crippen LogP contribution in [0.4, 0.5) is 11.4 Å². The van der Waals surface area contributed by atoms with Gasteiger partial charge in [0.15, 0.2) is 5.75 Å². The number of rotatable bonds is 22. The second kappa shape index (κ2) is 19.9. The number of hydrogen-bond acceptors (Lipinski definition) is 18. The van der Waals surface area contributed by atoms with Crippen molar-refractivity contribution in [2.75, 3.05) is 5.32 Å². The van der Waals surface area contributed by atoms with Crippen LogP contribution in [0.2, 0.25) is 0 Å². The Hall–Kier alpha value is -5.38. The van der Waals surface area contributed by atoms with Crippen LogP contribution >= 0.6 is 25.0 Å². The predicted octanol–water partition coefficient (Wildman–Crippen LogP) is 9.00. The number of Topliss-reactive ketones (excluding diaryl/α,β-unsaturated/α-hetero) is 1. The lowest BCUT2D eigenvalue weighted by molar-refractivity contribution is -0.432. The minimum absolute atomic E-state index is 0.0652. The van der Waals surface area contributed by atoms with Crippen LogP contribution in [-0.2, 0) is 64.2 Å². The van der Waals surface area contributed by atoms with Gasteiger partial charge in [-0.25, -0.2) is 5.26 Å². The van der Waals surface area contributed by atoms with E-state index in [1.54, 1.807) is 24.3 Å². The first-order valence-electron chi connectivity index (χ1n) is 20.8. The molecule has 2 unspecified atom stereocenters. The molecule has 7 rings (SSSR count). The summed E-state index contributed by atoms with van der Waals surface area (Å²) in [7, 11) is -9.60. The number of hydrogen-bond donors (Lipinski definition) is 8. The summed E-state index contributed by atoms with van der Waals surface area (Å²) in [5.74, 6) is -3.04. The van der Waals surface area contributed by atoms with Crippen molar-refractivity contribution in [3.63, 3.8) is 0 Å². The number of ketones is 1. The van der Waals surface area contributed by atoms with Gasteiger partial charge in [-0.15, -0.1) is 8.67 Å². The SMILES string of the molecule is CC1(CCCCCC(=O)O)C(=CC2=C(O)C(=CC3=Nc4ccc5c(SOOO)cc(S(=O)(=O)O)cc5c4C3(C)CCCCCC(=O)O)C2=O)Nc2ccc3c(OOOS)cc(S(=O)(=O)O)cc3c21. The van der Waals surface area contributed by atoms with E-state index >= 15 is 0 Å². The summed E-state index contributed by atoms with van der Waals surface area (Å²) in [5.41, 5.74) is 0.284. The number of anilines is 1. The predicted molar refractivity (Wildman–Crippen MR) is 248 cm³/mol. The van der Waals surface area contributed by atoms with Gasteiger partial charge in [-0.2, -0.15) is 16.8 Å². The lowest BCUT2D eigenvalue weighted by Crippen LogP contribution is -2.31. The molecule has 0 amide bonds. The molecule has 0 spiro atoms. The molecule has 24 heteroatoms. The molecule has 2 heterocycles. The van der Waals surface area contributed by atoms with Gasteiger partial charge in [0.2, 0.25) is 5.78 Å². The van der Waals surface area contributed by atoms with Crippen LogP contribution < -0.4 is 10.2 Å². The van der Waals surface area contributed by atoms with Gasteiger partial charge >= 0.3 is 11.9 Å². The fraction of sp³-hybridized carbons (Fsp3) is 0.318. The third-order valence-electron chi connectivity index (χ3n) is 12.5. The Kier molecular flexibility index (Phi) is 14.8. The van der Waals surface area contributed by atoms with Crippen LogP contribution in [0.5, 0.6) is 5.75 Å². The van der Waals surface area contributed by atoms with Crippen LogP contribution in [0.25, 0.3) is 21.5 Å². The van der Waals surface area contributed by atoms with Gasteiger partial charge in [-0.1, -0.05) is 36.8 Å². The van der Waals surface area contributed by atoms with E-state index in [0.717, 1.165) is 12.1 Å². The number of allylic oxidation sites excluding steroid dienone is 5. The Bertz CT molecular complexity index is 3110. The molecule has 0 radical (unpaired) electrons. The highest BCUT2D eigenvalue weighted by Crippen LogP contribution is 2.53. The number of aliphatic hydroxyl groups is 1. The number of carboxylic acids is 2. The monoisotopic (exact) mass is 1020 g/mol. The van der Waals surface area contributed by atoms with Gasteiger partial charge in [-0.05, 0) is 120 Å². The number of fused-ring (bicyclic) bond motifs is 6. The Balaban J connectivity index is 1.32. The molecular formula is C44H44N2O18S4. The van der Waals surface area contributed by atoms with Crippen molar-refractivity contribution in [2.45, 2.75) is 104 Å². The maximum atomic E-state index is 14.3. The molecule has 0 saturated carbocycles. The van der Waals surface area contributed by atoms with E-state index in [1.165, 1.54) is 24.3 Å². The molecule has 0 aromatic heterocycles. The van der Waals surface area contributed by atoms with Crippen molar-refractivity contribution in [3.05, 3.63) is 94.4 Å². The summed E-state index contributed by atoms with van der Waals surface area (Å²) in [6, 6.07) is 11.2. The van der Waals surface area contributed by atoms with Crippen molar-refractivity contribution in [1.82, 2.24) is 0 Å². The number of carboxylic acid groups (broad SMARTS) is 2. The van der Waals surface area contributed by atoms with Crippen LogP contribution in [0.15, 0.2) is 103 Å². The van der Waals surface area contributed by atoms with Gasteiger partial charge in [0.05, 0.1) is 44.4 Å². The smallest absolute Gasteiger partial charge is 0.303 e. The van der Waals surface area contributed by atoms with Gasteiger partial charge in [0.1, 0.15) is 5.76 Å². The molecule has 362 valence electrons. The van der Waals surface area contributed by atoms with Gasteiger partial charge in [0.25, 0.3) is 20.2 Å². The first-order chi connectivity index (χ1) is 32.1. The molecule has 4 aromatic rings. The molecule has 0 saturated heterocycles. The van der Waals surface area contributed by atoms with Crippen LogP contribution in [0, 0.1) is 0 Å². The van der Waals surface area contributed by atoms with Crippen LogP contribution in [0.3, 0.4) is 0 Å². The van der Waals surface area contributed by atoms with E-state index in [9.17, 15) is 55.6 Å². The number of benzene rings is 4. The van der Waals surface area contributed by atoms with E-state index in [2.05, 4.69) is 37.0 Å². The zero-order valence-corrected chi connectivity index (χ0v) is 39.4. The standard InChI is InChI=1S/C44H44N2O18S4/c1-43(15-7-3-5-9-37(47)48)35(45-31-13-11-25-27(39(31)43)17-23(67(54,55)56)19-33(25)60-62-63-65)21-29-41(51)30(42(29)52)22-36-44(2,16-8-4-6-10-38(49)50)40-28-18-24(68(57,58)59)20-34(66-64-61-53)26(28)12-14-32(40)46-36/h11-14,17-22,45,51,53,65H,3-10,15-16H2,1-2H3,(H,47,48)(H,49,50)(H,54,55,56)(H,57,58,59). The Labute approximate surface area is 398 Å². The van der Waals surface area contributed by atoms with E-state index in [0.29, 0.717) is 119 Å². The molecule has 2 aliphatic heterocycles. The summed E-state index contributed by atoms with van der Waals surface area (Å²) < 4.78 is 79.1. The molecular weight excluding hydrogens is 973 g/mol. The Morgan fingerprint density at radius 3 is 1.99 bits per heavy atom. The minimum atomic E-state index is -4.81. The van der Waals surface area contributed by atoms with Gasteiger partial charge < -0.3 is 25.5 Å². The van der Waals surface area contributed by atoms with Gasteiger partial charge in [0, 0.05) is 64.3 Å². The number of nitrogens with one attached hydrogen (secondary N) is 1. The molecule has 0 bridgehead atoms. The fourth-order valence-corrected chi connectivity index (χ4v) is 10.9. The van der Waals surface area contributed by atoms with Crippen LogP contribution in [0.1, 0.15) is 89.2 Å². The topological polar surface area (TPSA) is 311 Å². The molecule has 68 heavy (non-hydrogen) atoms. The number of thiol groups is 1. The highest BCUT2D eigenvalue weighted by molar-refractivity contribution is 7.94. The number of carbonyl (C=O) groups is 3. The maximum Gasteiger partial charge on any atom is 0.303 e. The number of aliphatic carboxylic acids is 2. The number of aliphatic imine (C=N–C) groups is 1. The van der Waals surface area contributed by atoms with Crippen molar-refractivity contribution < 1.29 is 84.5 Å². The summed E-state index contributed by atoms with van der Waals surface area (Å²) >= 11 is 3.97. The minimum Gasteiger partial charge on any atom is -0.506 e. The normalized spacial score (nSPS) is 20.2. The second-order valence-corrected chi connectivity index (χ2v) is 20.5. The maximum absolute atomic E-state index is 14.3. The first kappa shape index (κ1) is 50.5. The Morgan fingerprint density at radius 2 is 1.40 bits per heavy atom. The van der Waals surface area contributed by atoms with E-state index in [-0.39, 0.29) is 40.4 Å². The van der Waals surface area contributed by atoms with E-state index in [1.807, 2.05) is 13.8 Å². The summed E-state index contributed by atoms with van der Waals surface area (Å²) in [4.78, 5) is 46.0. The highest BCUT2D eigenvalue weighted by Gasteiger charge is 2.45. The van der Waals surface area contributed by atoms with E-state index < -0.39 is 58.6 Å². The van der Waals surface area contributed by atoms with E-state index in [4.69, 9.17) is 15.1 Å². The number of nitrogens with zero attached hydrogens (tertiary/aromatic N) is 1.